The van der Waals surface area contributed by atoms with Gasteiger partial charge >= 0.3 is 0 Å². The number of aryl methyl sites for hydroxylation is 1. The minimum Gasteiger partial charge on any atom is -0.314 e. The number of hydrogen-bond donors (Lipinski definition) is 1. The monoisotopic (exact) mass is 273 g/mol. The van der Waals surface area contributed by atoms with E-state index in [0.29, 0.717) is 5.78 Å². The Balaban J connectivity index is 1.82. The van der Waals surface area contributed by atoms with Crippen LogP contribution in [0.3, 0.4) is 0 Å². The summed E-state index contributed by atoms with van der Waals surface area (Å²) in [5.41, 5.74) is 1.87. The second-order valence-corrected chi connectivity index (χ2v) is 6.30. The van der Waals surface area contributed by atoms with Crippen LogP contribution in [0.25, 0.3) is 0 Å². The topological polar surface area (TPSA) is 45.2 Å². The molecule has 1 aliphatic carbocycles. The number of nitrogens with zero attached hydrogens (tertiary/aromatic N) is 2. The highest BCUT2D eigenvalue weighted by Crippen LogP contribution is 2.36. The van der Waals surface area contributed by atoms with Gasteiger partial charge in [-0.1, -0.05) is 6.07 Å². The van der Waals surface area contributed by atoms with Crippen molar-refractivity contribution in [3.8, 4) is 0 Å². The number of fused-ring (bicyclic) bond motifs is 1. The number of carbonyl (C=O) groups is 1. The Morgan fingerprint density at radius 2 is 2.15 bits per heavy atom. The SMILES string of the molecule is CC(C)(C(=O)C1CCc2cccnc21)N1CCNCC1. The highest BCUT2D eigenvalue weighted by atomic mass is 16.1. The van der Waals surface area contributed by atoms with E-state index in [2.05, 4.69) is 35.1 Å². The Morgan fingerprint density at radius 3 is 2.90 bits per heavy atom. The van der Waals surface area contributed by atoms with Gasteiger partial charge in [0, 0.05) is 32.4 Å². The predicted molar refractivity (Wildman–Crippen MR) is 78.8 cm³/mol. The minimum absolute atomic E-state index is 0.0175. The molecule has 3 rings (SSSR count). The maximum Gasteiger partial charge on any atom is 0.161 e. The molecular weight excluding hydrogens is 250 g/mol. The summed E-state index contributed by atoms with van der Waals surface area (Å²) < 4.78 is 0. The first-order valence-electron chi connectivity index (χ1n) is 7.54. The van der Waals surface area contributed by atoms with E-state index in [1.54, 1.807) is 0 Å². The van der Waals surface area contributed by atoms with Crippen molar-refractivity contribution < 1.29 is 4.79 Å². The van der Waals surface area contributed by atoms with Crippen LogP contribution in [0.15, 0.2) is 18.3 Å². The minimum atomic E-state index is -0.397. The second-order valence-electron chi connectivity index (χ2n) is 6.30. The molecule has 1 atom stereocenters. The zero-order chi connectivity index (χ0) is 14.2. The summed E-state index contributed by atoms with van der Waals surface area (Å²) in [7, 11) is 0. The van der Waals surface area contributed by atoms with Crippen LogP contribution in [-0.2, 0) is 11.2 Å². The van der Waals surface area contributed by atoms with Gasteiger partial charge in [0.15, 0.2) is 5.78 Å². The van der Waals surface area contributed by atoms with Gasteiger partial charge in [0.05, 0.1) is 17.2 Å². The van der Waals surface area contributed by atoms with Crippen LogP contribution in [0.5, 0.6) is 0 Å². The van der Waals surface area contributed by atoms with Gasteiger partial charge in [0.1, 0.15) is 0 Å². The fourth-order valence-electron chi connectivity index (χ4n) is 3.47. The quantitative estimate of drug-likeness (QED) is 0.903. The van der Waals surface area contributed by atoms with Crippen molar-refractivity contribution in [1.29, 1.82) is 0 Å². The lowest BCUT2D eigenvalue weighted by Gasteiger charge is -2.41. The van der Waals surface area contributed by atoms with Crippen molar-refractivity contribution in [1.82, 2.24) is 15.2 Å². The molecule has 1 N–H and O–H groups in total. The predicted octanol–water partition coefficient (Wildman–Crippen LogP) is 1.36. The Labute approximate surface area is 120 Å². The molecule has 0 bridgehead atoms. The molecule has 4 nitrogen and oxygen atoms in total. The van der Waals surface area contributed by atoms with E-state index in [-0.39, 0.29) is 5.92 Å². The van der Waals surface area contributed by atoms with E-state index in [1.165, 1.54) is 5.56 Å². The standard InChI is InChI=1S/C16H23N3O/c1-16(2,19-10-8-17-9-11-19)15(20)13-6-5-12-4-3-7-18-14(12)13/h3-4,7,13,17H,5-6,8-11H2,1-2H3. The Morgan fingerprint density at radius 1 is 1.40 bits per heavy atom. The number of hydrogen-bond acceptors (Lipinski definition) is 4. The first-order chi connectivity index (χ1) is 9.60. The van der Waals surface area contributed by atoms with Crippen LogP contribution in [0.1, 0.15) is 37.4 Å². The Hall–Kier alpha value is -1.26. The summed E-state index contributed by atoms with van der Waals surface area (Å²) in [6.45, 7) is 7.97. The van der Waals surface area contributed by atoms with E-state index >= 15 is 0 Å². The van der Waals surface area contributed by atoms with Gasteiger partial charge in [0.25, 0.3) is 0 Å². The van der Waals surface area contributed by atoms with Gasteiger partial charge < -0.3 is 5.32 Å². The van der Waals surface area contributed by atoms with Crippen molar-refractivity contribution in [2.75, 3.05) is 26.2 Å². The Kier molecular flexibility index (Phi) is 3.61. The molecule has 4 heteroatoms. The van der Waals surface area contributed by atoms with E-state index in [9.17, 15) is 4.79 Å². The molecule has 2 heterocycles. The lowest BCUT2D eigenvalue weighted by Crippen LogP contribution is -2.58. The molecular formula is C16H23N3O. The van der Waals surface area contributed by atoms with E-state index in [0.717, 1.165) is 44.7 Å². The Bertz CT molecular complexity index is 506. The maximum absolute atomic E-state index is 13.0. The van der Waals surface area contributed by atoms with Gasteiger partial charge in [0.2, 0.25) is 0 Å². The van der Waals surface area contributed by atoms with Crippen LogP contribution in [-0.4, -0.2) is 47.4 Å². The molecule has 1 aliphatic heterocycles. The largest absolute Gasteiger partial charge is 0.314 e. The van der Waals surface area contributed by atoms with Gasteiger partial charge in [-0.05, 0) is 38.3 Å². The van der Waals surface area contributed by atoms with E-state index in [4.69, 9.17) is 0 Å². The molecule has 0 aromatic carbocycles. The van der Waals surface area contributed by atoms with Gasteiger partial charge in [-0.3, -0.25) is 14.7 Å². The molecule has 2 aliphatic rings. The van der Waals surface area contributed by atoms with Crippen molar-refractivity contribution >= 4 is 5.78 Å². The number of carbonyl (C=O) groups excluding carboxylic acids is 1. The normalized spacial score (nSPS) is 23.6. The zero-order valence-electron chi connectivity index (χ0n) is 12.4. The van der Waals surface area contributed by atoms with Crippen LogP contribution in [0.2, 0.25) is 0 Å². The van der Waals surface area contributed by atoms with E-state index in [1.807, 2.05) is 12.3 Å². The highest BCUT2D eigenvalue weighted by molar-refractivity contribution is 5.94. The molecule has 0 saturated carbocycles. The number of aromatic nitrogens is 1. The molecule has 0 radical (unpaired) electrons. The average Bonchev–Trinajstić information content (AvgIpc) is 2.91. The zero-order valence-corrected chi connectivity index (χ0v) is 12.4. The lowest BCUT2D eigenvalue weighted by molar-refractivity contribution is -0.131. The van der Waals surface area contributed by atoms with Gasteiger partial charge in [-0.2, -0.15) is 0 Å². The van der Waals surface area contributed by atoms with Crippen molar-refractivity contribution in [3.63, 3.8) is 0 Å². The number of Topliss-reactive ketones (excluding diaryl/α,β-unsaturated/α-hetero) is 1. The molecule has 1 fully saturated rings. The maximum atomic E-state index is 13.0. The highest BCUT2D eigenvalue weighted by Gasteiger charge is 2.42. The average molecular weight is 273 g/mol. The van der Waals surface area contributed by atoms with Crippen molar-refractivity contribution in [3.05, 3.63) is 29.6 Å². The summed E-state index contributed by atoms with van der Waals surface area (Å²) in [5.74, 6) is 0.313. The van der Waals surface area contributed by atoms with Crippen LogP contribution < -0.4 is 5.32 Å². The third kappa shape index (κ3) is 2.27. The molecule has 1 unspecified atom stereocenters. The molecule has 1 aromatic rings. The first-order valence-corrected chi connectivity index (χ1v) is 7.54. The van der Waals surface area contributed by atoms with Crippen LogP contribution >= 0.6 is 0 Å². The van der Waals surface area contributed by atoms with Gasteiger partial charge in [-0.25, -0.2) is 0 Å². The molecule has 1 saturated heterocycles. The molecule has 20 heavy (non-hydrogen) atoms. The molecule has 108 valence electrons. The summed E-state index contributed by atoms with van der Waals surface area (Å²) in [6, 6.07) is 4.07. The van der Waals surface area contributed by atoms with Crippen LogP contribution in [0.4, 0.5) is 0 Å². The summed E-state index contributed by atoms with van der Waals surface area (Å²) >= 11 is 0. The third-order valence-electron chi connectivity index (χ3n) is 4.79. The fraction of sp³-hybridized carbons (Fsp3) is 0.625. The molecule has 0 amide bonds. The van der Waals surface area contributed by atoms with E-state index < -0.39 is 5.54 Å². The second kappa shape index (κ2) is 5.26. The number of pyridine rings is 1. The van der Waals surface area contributed by atoms with Gasteiger partial charge in [-0.15, -0.1) is 0 Å². The smallest absolute Gasteiger partial charge is 0.161 e. The molecule has 0 spiro atoms. The summed E-state index contributed by atoms with van der Waals surface area (Å²) in [4.78, 5) is 19.8. The third-order valence-corrected chi connectivity index (χ3v) is 4.79. The number of rotatable bonds is 3. The number of nitrogens with one attached hydrogen (secondary N) is 1. The van der Waals surface area contributed by atoms with Crippen molar-refractivity contribution in [2.24, 2.45) is 0 Å². The lowest BCUT2D eigenvalue weighted by atomic mass is 9.85. The first kappa shape index (κ1) is 13.7. The molecule has 1 aromatic heterocycles. The van der Waals surface area contributed by atoms with Crippen molar-refractivity contribution in [2.45, 2.75) is 38.1 Å². The number of piperazine rings is 1. The van der Waals surface area contributed by atoms with Crippen LogP contribution in [0, 0.1) is 0 Å². The fourth-order valence-corrected chi connectivity index (χ4v) is 3.47. The summed E-state index contributed by atoms with van der Waals surface area (Å²) in [5, 5.41) is 3.35. The summed E-state index contributed by atoms with van der Waals surface area (Å²) in [6.07, 6.45) is 3.71. The number of ketones is 1.